The van der Waals surface area contributed by atoms with Crippen molar-refractivity contribution in [3.05, 3.63) is 0 Å². The molecule has 0 atom stereocenters. The Balaban J connectivity index is 2.12. The molecule has 0 spiro atoms. The smallest absolute Gasteiger partial charge is 0.264 e. The van der Waals surface area contributed by atoms with E-state index in [9.17, 15) is 8.42 Å². The summed E-state index contributed by atoms with van der Waals surface area (Å²) in [4.78, 5) is 0. The Morgan fingerprint density at radius 1 is 1.42 bits per heavy atom. The van der Waals surface area contributed by atoms with Crippen molar-refractivity contribution in [1.82, 2.24) is 0 Å². The van der Waals surface area contributed by atoms with Crippen molar-refractivity contribution < 1.29 is 17.3 Å². The molecule has 72 valence electrons. The van der Waals surface area contributed by atoms with Crippen LogP contribution >= 0.6 is 0 Å². The fourth-order valence-corrected chi connectivity index (χ4v) is 1.66. The molecule has 0 N–H and O–H groups in total. The summed E-state index contributed by atoms with van der Waals surface area (Å²) in [7, 11) is -1.60. The molecular weight excluding hydrogens is 180 g/mol. The van der Waals surface area contributed by atoms with Gasteiger partial charge in [-0.1, -0.05) is 0 Å². The van der Waals surface area contributed by atoms with E-state index in [2.05, 4.69) is 4.18 Å². The molecule has 1 fully saturated rings. The van der Waals surface area contributed by atoms with Crippen LogP contribution in [-0.4, -0.2) is 34.5 Å². The molecule has 0 aliphatic heterocycles. The molecule has 0 radical (unpaired) electrons. The van der Waals surface area contributed by atoms with E-state index >= 15 is 0 Å². The van der Waals surface area contributed by atoms with Crippen molar-refractivity contribution in [3.63, 3.8) is 0 Å². The molecule has 0 unspecified atom stereocenters. The topological polar surface area (TPSA) is 52.6 Å². The van der Waals surface area contributed by atoms with Gasteiger partial charge in [0.25, 0.3) is 10.1 Å². The Hall–Kier alpha value is -0.130. The molecule has 0 heterocycles. The Morgan fingerprint density at radius 3 is 2.42 bits per heavy atom. The van der Waals surface area contributed by atoms with Gasteiger partial charge in [0, 0.05) is 7.11 Å². The lowest BCUT2D eigenvalue weighted by molar-refractivity contribution is -0.0132. The Kier molecular flexibility index (Phi) is 3.09. The lowest BCUT2D eigenvalue weighted by atomic mass is 9.83. The first-order valence-electron chi connectivity index (χ1n) is 3.88. The van der Waals surface area contributed by atoms with Crippen LogP contribution in [0.4, 0.5) is 0 Å². The van der Waals surface area contributed by atoms with E-state index < -0.39 is 10.1 Å². The maximum absolute atomic E-state index is 10.6. The van der Waals surface area contributed by atoms with E-state index in [0.717, 1.165) is 19.1 Å². The highest BCUT2D eigenvalue weighted by Crippen LogP contribution is 2.29. The summed E-state index contributed by atoms with van der Waals surface area (Å²) < 4.78 is 30.8. The molecule has 0 aromatic heterocycles. The van der Waals surface area contributed by atoms with Crippen LogP contribution in [0.5, 0.6) is 0 Å². The molecule has 4 nitrogen and oxygen atoms in total. The standard InChI is InChI=1S/C7H14O4S/c1-10-7-3-6(4-7)5-11-12(2,8)9/h6-7H,3-5H2,1-2H3/t6-,7+. The average Bonchev–Trinajstić information content (AvgIpc) is 1.82. The monoisotopic (exact) mass is 194 g/mol. The zero-order chi connectivity index (χ0) is 9.19. The molecular formula is C7H14O4S. The van der Waals surface area contributed by atoms with Gasteiger partial charge in [-0.05, 0) is 18.8 Å². The Bertz CT molecular complexity index is 228. The number of rotatable bonds is 4. The minimum absolute atomic E-state index is 0.304. The Morgan fingerprint density at radius 2 is 2.00 bits per heavy atom. The predicted octanol–water partition coefficient (Wildman–Crippen LogP) is 0.388. The van der Waals surface area contributed by atoms with E-state index in [1.807, 2.05) is 0 Å². The molecule has 0 aromatic rings. The van der Waals surface area contributed by atoms with Crippen LogP contribution in [0.15, 0.2) is 0 Å². The highest BCUT2D eigenvalue weighted by Gasteiger charge is 2.29. The van der Waals surface area contributed by atoms with Gasteiger partial charge >= 0.3 is 0 Å². The van der Waals surface area contributed by atoms with Crippen LogP contribution in [0.3, 0.4) is 0 Å². The second-order valence-electron chi connectivity index (χ2n) is 3.18. The quantitative estimate of drug-likeness (QED) is 0.607. The molecule has 12 heavy (non-hydrogen) atoms. The average molecular weight is 194 g/mol. The third-order valence-corrected chi connectivity index (χ3v) is 2.61. The molecule has 1 rings (SSSR count). The van der Waals surface area contributed by atoms with Gasteiger partial charge in [0.15, 0.2) is 0 Å². The van der Waals surface area contributed by atoms with E-state index in [1.54, 1.807) is 7.11 Å². The summed E-state index contributed by atoms with van der Waals surface area (Å²) in [6, 6.07) is 0. The minimum atomic E-state index is -3.26. The summed E-state index contributed by atoms with van der Waals surface area (Å²) in [5.41, 5.74) is 0. The van der Waals surface area contributed by atoms with Gasteiger partial charge in [0.2, 0.25) is 0 Å². The van der Waals surface area contributed by atoms with Gasteiger partial charge in [-0.2, -0.15) is 8.42 Å². The lowest BCUT2D eigenvalue weighted by Crippen LogP contribution is -2.33. The van der Waals surface area contributed by atoms with Crippen LogP contribution in [-0.2, 0) is 19.0 Å². The molecule has 0 amide bonds. The van der Waals surface area contributed by atoms with Gasteiger partial charge in [-0.3, -0.25) is 4.18 Å². The van der Waals surface area contributed by atoms with E-state index in [-0.39, 0.29) is 0 Å². The Labute approximate surface area is 73.0 Å². The third kappa shape index (κ3) is 3.08. The highest BCUT2D eigenvalue weighted by molar-refractivity contribution is 7.85. The van der Waals surface area contributed by atoms with Crippen molar-refractivity contribution in [1.29, 1.82) is 0 Å². The predicted molar refractivity (Wildman–Crippen MR) is 44.3 cm³/mol. The molecule has 0 saturated heterocycles. The minimum Gasteiger partial charge on any atom is -0.381 e. The van der Waals surface area contributed by atoms with E-state index in [0.29, 0.717) is 18.6 Å². The van der Waals surface area contributed by atoms with Gasteiger partial charge in [0.05, 0.1) is 19.0 Å². The molecule has 1 aliphatic carbocycles. The van der Waals surface area contributed by atoms with E-state index in [4.69, 9.17) is 4.74 Å². The van der Waals surface area contributed by atoms with Gasteiger partial charge in [0.1, 0.15) is 0 Å². The van der Waals surface area contributed by atoms with Gasteiger partial charge < -0.3 is 4.74 Å². The number of methoxy groups -OCH3 is 1. The van der Waals surface area contributed by atoms with E-state index in [1.165, 1.54) is 0 Å². The number of ether oxygens (including phenoxy) is 1. The maximum Gasteiger partial charge on any atom is 0.264 e. The summed E-state index contributed by atoms with van der Waals surface area (Å²) in [6.07, 6.45) is 3.19. The maximum atomic E-state index is 10.6. The van der Waals surface area contributed by atoms with Crippen molar-refractivity contribution in [2.24, 2.45) is 5.92 Å². The van der Waals surface area contributed by atoms with Crippen molar-refractivity contribution >= 4 is 10.1 Å². The second-order valence-corrected chi connectivity index (χ2v) is 4.83. The molecule has 0 bridgehead atoms. The first-order chi connectivity index (χ1) is 5.51. The summed E-state index contributed by atoms with van der Waals surface area (Å²) >= 11 is 0. The van der Waals surface area contributed by atoms with Crippen LogP contribution in [0.25, 0.3) is 0 Å². The van der Waals surface area contributed by atoms with Gasteiger partial charge in [-0.25, -0.2) is 0 Å². The summed E-state index contributed by atoms with van der Waals surface area (Å²) in [5, 5.41) is 0. The van der Waals surface area contributed by atoms with Crippen LogP contribution < -0.4 is 0 Å². The first kappa shape index (κ1) is 9.95. The summed E-state index contributed by atoms with van der Waals surface area (Å²) in [6.45, 7) is 0.304. The van der Waals surface area contributed by atoms with Crippen molar-refractivity contribution in [2.75, 3.05) is 20.0 Å². The second kappa shape index (κ2) is 3.72. The summed E-state index contributed by atoms with van der Waals surface area (Å²) in [5.74, 6) is 0.352. The third-order valence-electron chi connectivity index (χ3n) is 2.04. The van der Waals surface area contributed by atoms with Gasteiger partial charge in [-0.15, -0.1) is 0 Å². The molecule has 5 heteroatoms. The SMILES string of the molecule is CO[C@H]1C[C@@H](COS(C)(=O)=O)C1. The largest absolute Gasteiger partial charge is 0.381 e. The zero-order valence-electron chi connectivity index (χ0n) is 7.32. The van der Waals surface area contributed by atoms with Crippen molar-refractivity contribution in [3.8, 4) is 0 Å². The fraction of sp³-hybridized carbons (Fsp3) is 1.00. The molecule has 0 aromatic carbocycles. The fourth-order valence-electron chi connectivity index (χ4n) is 1.22. The lowest BCUT2D eigenvalue weighted by Gasteiger charge is -2.33. The molecule has 1 aliphatic rings. The number of hydrogen-bond donors (Lipinski definition) is 0. The first-order valence-corrected chi connectivity index (χ1v) is 5.70. The van der Waals surface area contributed by atoms with Crippen LogP contribution in [0, 0.1) is 5.92 Å². The van der Waals surface area contributed by atoms with Crippen LogP contribution in [0.1, 0.15) is 12.8 Å². The van der Waals surface area contributed by atoms with Crippen LogP contribution in [0.2, 0.25) is 0 Å². The van der Waals surface area contributed by atoms with Crippen molar-refractivity contribution in [2.45, 2.75) is 18.9 Å². The number of hydrogen-bond acceptors (Lipinski definition) is 4. The zero-order valence-corrected chi connectivity index (χ0v) is 8.13. The highest BCUT2D eigenvalue weighted by atomic mass is 32.2. The normalized spacial score (nSPS) is 29.8. The molecule has 1 saturated carbocycles.